The van der Waals surface area contributed by atoms with E-state index in [1.54, 1.807) is 9.80 Å². The predicted molar refractivity (Wildman–Crippen MR) is 128 cm³/mol. The fourth-order valence-electron chi connectivity index (χ4n) is 4.55. The minimum Gasteiger partial charge on any atom is -0.368 e. The summed E-state index contributed by atoms with van der Waals surface area (Å²) in [6.45, 7) is 11.2. The molecule has 0 aliphatic carbocycles. The van der Waals surface area contributed by atoms with Gasteiger partial charge in [-0.1, -0.05) is 24.3 Å². The van der Waals surface area contributed by atoms with Crippen molar-refractivity contribution in [1.29, 1.82) is 0 Å². The van der Waals surface area contributed by atoms with Crippen LogP contribution in [0.15, 0.2) is 42.5 Å². The van der Waals surface area contributed by atoms with Gasteiger partial charge in [0.05, 0.1) is 0 Å². The Morgan fingerprint density at radius 2 is 1.45 bits per heavy atom. The molecule has 2 heterocycles. The molecule has 3 amide bonds. The van der Waals surface area contributed by atoms with Crippen LogP contribution in [-0.4, -0.2) is 78.2 Å². The number of carbonyl (C=O) groups excluding carboxylic acids is 3. The lowest BCUT2D eigenvalue weighted by molar-refractivity contribution is -0.156. The summed E-state index contributed by atoms with van der Waals surface area (Å²) in [4.78, 5) is 44.9. The van der Waals surface area contributed by atoms with E-state index in [0.717, 1.165) is 18.7 Å². The molecule has 174 valence electrons. The number of carbonyl (C=O) groups is 3. The zero-order chi connectivity index (χ0) is 23.5. The number of aryl methyl sites for hydroxylation is 1. The van der Waals surface area contributed by atoms with E-state index in [0.29, 0.717) is 44.8 Å². The van der Waals surface area contributed by atoms with E-state index in [4.69, 9.17) is 0 Å². The molecule has 0 saturated carbocycles. The van der Waals surface area contributed by atoms with E-state index in [9.17, 15) is 14.4 Å². The van der Waals surface area contributed by atoms with Gasteiger partial charge in [0, 0.05) is 63.6 Å². The van der Waals surface area contributed by atoms with Crippen LogP contribution in [0.5, 0.6) is 0 Å². The van der Waals surface area contributed by atoms with Crippen molar-refractivity contribution in [3.05, 3.63) is 64.7 Å². The van der Waals surface area contributed by atoms with Gasteiger partial charge in [-0.2, -0.15) is 0 Å². The highest BCUT2D eigenvalue weighted by molar-refractivity contribution is 6.35. The maximum atomic E-state index is 13.0. The standard InChI is InChI=1S/C26H32N4O3/c1-4-27-12-17-30(26(33)25(27)32)18-21-8-10-22(11-9-21)24(31)29-15-13-28(14-16-29)23-7-5-6-19(2)20(23)3/h5-11H,4,12-18H2,1-3H3. The smallest absolute Gasteiger partial charge is 0.312 e. The van der Waals surface area contributed by atoms with Crippen molar-refractivity contribution >= 4 is 23.4 Å². The van der Waals surface area contributed by atoms with Gasteiger partial charge in [0.15, 0.2) is 0 Å². The van der Waals surface area contributed by atoms with Gasteiger partial charge in [0.2, 0.25) is 0 Å². The largest absolute Gasteiger partial charge is 0.368 e. The number of amides is 3. The van der Waals surface area contributed by atoms with Gasteiger partial charge in [-0.05, 0) is 55.7 Å². The summed E-state index contributed by atoms with van der Waals surface area (Å²) in [6, 6.07) is 13.8. The van der Waals surface area contributed by atoms with Crippen LogP contribution >= 0.6 is 0 Å². The molecule has 2 aromatic carbocycles. The minimum absolute atomic E-state index is 0.0324. The Morgan fingerprint density at radius 3 is 2.12 bits per heavy atom. The monoisotopic (exact) mass is 448 g/mol. The van der Waals surface area contributed by atoms with Crippen molar-refractivity contribution in [1.82, 2.24) is 14.7 Å². The van der Waals surface area contributed by atoms with Crippen LogP contribution in [0.2, 0.25) is 0 Å². The third kappa shape index (κ3) is 4.72. The summed E-state index contributed by atoms with van der Waals surface area (Å²) in [6.07, 6.45) is 0. The molecule has 7 nitrogen and oxygen atoms in total. The van der Waals surface area contributed by atoms with Gasteiger partial charge < -0.3 is 19.6 Å². The summed E-state index contributed by atoms with van der Waals surface area (Å²) in [7, 11) is 0. The van der Waals surface area contributed by atoms with E-state index >= 15 is 0 Å². The molecule has 4 rings (SSSR count). The number of nitrogens with zero attached hydrogens (tertiary/aromatic N) is 4. The van der Waals surface area contributed by atoms with Crippen LogP contribution in [0.3, 0.4) is 0 Å². The number of benzene rings is 2. The Bertz CT molecular complexity index is 1040. The molecule has 0 bridgehead atoms. The molecule has 0 atom stereocenters. The fourth-order valence-corrected chi connectivity index (χ4v) is 4.55. The average molecular weight is 449 g/mol. The van der Waals surface area contributed by atoms with E-state index in [1.165, 1.54) is 16.8 Å². The maximum Gasteiger partial charge on any atom is 0.312 e. The van der Waals surface area contributed by atoms with Crippen LogP contribution < -0.4 is 4.90 Å². The van der Waals surface area contributed by atoms with Crippen LogP contribution in [0.1, 0.15) is 34.0 Å². The number of hydrogen-bond donors (Lipinski definition) is 0. The number of piperazine rings is 2. The number of anilines is 1. The van der Waals surface area contributed by atoms with Gasteiger partial charge in [-0.25, -0.2) is 0 Å². The quantitative estimate of drug-likeness (QED) is 0.660. The van der Waals surface area contributed by atoms with Gasteiger partial charge in [0.1, 0.15) is 0 Å². The first-order valence-electron chi connectivity index (χ1n) is 11.7. The molecular formula is C26H32N4O3. The molecule has 0 radical (unpaired) electrons. The second kappa shape index (κ2) is 9.65. The molecule has 0 unspecified atom stereocenters. The summed E-state index contributed by atoms with van der Waals surface area (Å²) in [5.41, 5.74) is 5.39. The Balaban J connectivity index is 1.34. The SMILES string of the molecule is CCN1CCN(Cc2ccc(C(=O)N3CCN(c4cccc(C)c4C)CC3)cc2)C(=O)C1=O. The molecule has 33 heavy (non-hydrogen) atoms. The van der Waals surface area contributed by atoms with Crippen molar-refractivity contribution in [3.63, 3.8) is 0 Å². The van der Waals surface area contributed by atoms with Crippen LogP contribution in [0, 0.1) is 13.8 Å². The van der Waals surface area contributed by atoms with Crippen LogP contribution in [0.4, 0.5) is 5.69 Å². The van der Waals surface area contributed by atoms with Crippen molar-refractivity contribution in [2.75, 3.05) is 50.7 Å². The topological polar surface area (TPSA) is 64.2 Å². The molecule has 2 fully saturated rings. The van der Waals surface area contributed by atoms with Gasteiger partial charge >= 0.3 is 11.8 Å². The first-order valence-corrected chi connectivity index (χ1v) is 11.7. The highest BCUT2D eigenvalue weighted by Gasteiger charge is 2.31. The molecule has 7 heteroatoms. The molecule has 0 N–H and O–H groups in total. The maximum absolute atomic E-state index is 13.0. The Hall–Kier alpha value is -3.35. The van der Waals surface area contributed by atoms with Gasteiger partial charge in [0.25, 0.3) is 5.91 Å². The Morgan fingerprint density at radius 1 is 0.818 bits per heavy atom. The number of hydrogen-bond acceptors (Lipinski definition) is 4. The lowest BCUT2D eigenvalue weighted by atomic mass is 10.1. The Labute approximate surface area is 195 Å². The lowest BCUT2D eigenvalue weighted by Gasteiger charge is -2.37. The van der Waals surface area contributed by atoms with Crippen molar-refractivity contribution in [2.24, 2.45) is 0 Å². The molecule has 2 aromatic rings. The molecule has 0 aromatic heterocycles. The highest BCUT2D eigenvalue weighted by Crippen LogP contribution is 2.24. The predicted octanol–water partition coefficient (Wildman–Crippen LogP) is 2.46. The van der Waals surface area contributed by atoms with E-state index < -0.39 is 11.8 Å². The van der Waals surface area contributed by atoms with E-state index in [1.807, 2.05) is 36.1 Å². The van der Waals surface area contributed by atoms with Crippen molar-refractivity contribution < 1.29 is 14.4 Å². The fraction of sp³-hybridized carbons (Fsp3) is 0.423. The van der Waals surface area contributed by atoms with Crippen LogP contribution in [-0.2, 0) is 16.1 Å². The molecule has 2 aliphatic heterocycles. The second-order valence-corrected chi connectivity index (χ2v) is 8.81. The molecular weight excluding hydrogens is 416 g/mol. The highest BCUT2D eigenvalue weighted by atomic mass is 16.2. The third-order valence-corrected chi connectivity index (χ3v) is 6.84. The molecule has 2 saturated heterocycles. The molecule has 2 aliphatic rings. The summed E-state index contributed by atoms with van der Waals surface area (Å²) in [5.74, 6) is -0.856. The Kier molecular flexibility index (Phi) is 6.67. The van der Waals surface area contributed by atoms with Crippen LogP contribution in [0.25, 0.3) is 0 Å². The summed E-state index contributed by atoms with van der Waals surface area (Å²) >= 11 is 0. The van der Waals surface area contributed by atoms with Gasteiger partial charge in [-0.15, -0.1) is 0 Å². The van der Waals surface area contributed by atoms with Crippen molar-refractivity contribution in [3.8, 4) is 0 Å². The lowest BCUT2D eigenvalue weighted by Crippen LogP contribution is -2.53. The first kappa shape index (κ1) is 22.8. The van der Waals surface area contributed by atoms with E-state index in [-0.39, 0.29) is 5.91 Å². The average Bonchev–Trinajstić information content (AvgIpc) is 2.84. The van der Waals surface area contributed by atoms with Crippen molar-refractivity contribution in [2.45, 2.75) is 27.3 Å². The normalized spacial score (nSPS) is 17.1. The third-order valence-electron chi connectivity index (χ3n) is 6.84. The zero-order valence-electron chi connectivity index (χ0n) is 19.7. The first-order chi connectivity index (χ1) is 15.9. The second-order valence-electron chi connectivity index (χ2n) is 8.81. The number of likely N-dealkylation sites (N-methyl/N-ethyl adjacent to an activating group) is 1. The number of rotatable bonds is 5. The summed E-state index contributed by atoms with van der Waals surface area (Å²) in [5, 5.41) is 0. The minimum atomic E-state index is -0.454. The summed E-state index contributed by atoms with van der Waals surface area (Å²) < 4.78 is 0. The zero-order valence-corrected chi connectivity index (χ0v) is 19.7. The van der Waals surface area contributed by atoms with Gasteiger partial charge in [-0.3, -0.25) is 14.4 Å². The van der Waals surface area contributed by atoms with E-state index in [2.05, 4.69) is 36.9 Å². The molecule has 0 spiro atoms.